The van der Waals surface area contributed by atoms with Gasteiger partial charge >= 0.3 is 0 Å². The molecule has 1 fully saturated rings. The summed E-state index contributed by atoms with van der Waals surface area (Å²) in [5.41, 5.74) is 1.33. The monoisotopic (exact) mass is 289 g/mol. The molecule has 106 valence electrons. The van der Waals surface area contributed by atoms with E-state index in [0.29, 0.717) is 6.04 Å². The molecular formula is C17H20ClNO. The number of hydrogen-bond donors (Lipinski definition) is 1. The van der Waals surface area contributed by atoms with Gasteiger partial charge in [0.15, 0.2) is 0 Å². The van der Waals surface area contributed by atoms with Crippen LogP contribution in [0.25, 0.3) is 0 Å². The van der Waals surface area contributed by atoms with Crippen LogP contribution in [0.3, 0.4) is 0 Å². The van der Waals surface area contributed by atoms with Gasteiger partial charge in [-0.3, -0.25) is 0 Å². The molecule has 20 heavy (non-hydrogen) atoms. The molecule has 0 bridgehead atoms. The molecule has 0 aliphatic carbocycles. The normalized spacial score (nSPS) is 18.1. The van der Waals surface area contributed by atoms with Crippen LogP contribution >= 0.6 is 12.4 Å². The molecule has 1 aliphatic rings. The highest BCUT2D eigenvalue weighted by molar-refractivity contribution is 5.85. The average molecular weight is 290 g/mol. The Hall–Kier alpha value is -1.51. The zero-order valence-electron chi connectivity index (χ0n) is 11.4. The van der Waals surface area contributed by atoms with Gasteiger partial charge < -0.3 is 10.1 Å². The third kappa shape index (κ3) is 3.75. The molecule has 1 heterocycles. The Kier molecular flexibility index (Phi) is 5.45. The first kappa shape index (κ1) is 14.9. The van der Waals surface area contributed by atoms with Gasteiger partial charge in [0.05, 0.1) is 0 Å². The number of piperidine rings is 1. The third-order valence-corrected chi connectivity index (χ3v) is 3.55. The van der Waals surface area contributed by atoms with Gasteiger partial charge in [-0.1, -0.05) is 36.8 Å². The minimum atomic E-state index is 0. The van der Waals surface area contributed by atoms with Crippen LogP contribution in [0, 0.1) is 0 Å². The summed E-state index contributed by atoms with van der Waals surface area (Å²) in [4.78, 5) is 0. The van der Waals surface area contributed by atoms with Crippen molar-refractivity contribution in [3.63, 3.8) is 0 Å². The number of hydrogen-bond acceptors (Lipinski definition) is 2. The van der Waals surface area contributed by atoms with E-state index in [-0.39, 0.29) is 12.4 Å². The second-order valence-corrected chi connectivity index (χ2v) is 4.99. The number of halogens is 1. The lowest BCUT2D eigenvalue weighted by Crippen LogP contribution is -2.26. The first-order valence-corrected chi connectivity index (χ1v) is 6.98. The van der Waals surface area contributed by atoms with Crippen LogP contribution < -0.4 is 10.1 Å². The Morgan fingerprint density at radius 3 is 2.45 bits per heavy atom. The van der Waals surface area contributed by atoms with Crippen LogP contribution in [-0.2, 0) is 0 Å². The lowest BCUT2D eigenvalue weighted by Gasteiger charge is -2.24. The van der Waals surface area contributed by atoms with Gasteiger partial charge in [0.25, 0.3) is 0 Å². The summed E-state index contributed by atoms with van der Waals surface area (Å²) in [6.07, 6.45) is 3.81. The van der Waals surface area contributed by atoms with Gasteiger partial charge in [-0.15, -0.1) is 12.4 Å². The quantitative estimate of drug-likeness (QED) is 0.883. The van der Waals surface area contributed by atoms with Crippen LogP contribution in [0.15, 0.2) is 54.6 Å². The van der Waals surface area contributed by atoms with Gasteiger partial charge in [0.1, 0.15) is 11.5 Å². The van der Waals surface area contributed by atoms with Gasteiger partial charge in [-0.2, -0.15) is 0 Å². The van der Waals surface area contributed by atoms with Gasteiger partial charge in [0, 0.05) is 6.04 Å². The standard InChI is InChI=1S/C17H19NO.ClH/c1-2-8-15(9-3-1)19-16-10-6-7-14(13-16)17-11-4-5-12-18-17;/h1-3,6-10,13,17-18H,4-5,11-12H2;1H/t17-;/m1./s1. The van der Waals surface area contributed by atoms with E-state index in [1.54, 1.807) is 0 Å². The molecule has 2 nitrogen and oxygen atoms in total. The Balaban J connectivity index is 0.00000147. The van der Waals surface area contributed by atoms with Gasteiger partial charge in [-0.05, 0) is 49.2 Å². The molecule has 3 heteroatoms. The SMILES string of the molecule is Cl.c1ccc(Oc2cccc([C@H]3CCCCN3)c2)cc1. The fourth-order valence-corrected chi connectivity index (χ4v) is 2.56. The summed E-state index contributed by atoms with van der Waals surface area (Å²) < 4.78 is 5.88. The molecule has 1 atom stereocenters. The number of nitrogens with one attached hydrogen (secondary N) is 1. The predicted octanol–water partition coefficient (Wildman–Crippen LogP) is 4.72. The van der Waals surface area contributed by atoms with Crippen molar-refractivity contribution >= 4 is 12.4 Å². The van der Waals surface area contributed by atoms with Crippen LogP contribution in [0.1, 0.15) is 30.9 Å². The van der Waals surface area contributed by atoms with Crippen LogP contribution in [0.2, 0.25) is 0 Å². The molecule has 2 aromatic carbocycles. The predicted molar refractivity (Wildman–Crippen MR) is 84.8 cm³/mol. The summed E-state index contributed by atoms with van der Waals surface area (Å²) in [5, 5.41) is 3.57. The Morgan fingerprint density at radius 2 is 1.70 bits per heavy atom. The van der Waals surface area contributed by atoms with Crippen molar-refractivity contribution in [2.24, 2.45) is 0 Å². The fraction of sp³-hybridized carbons (Fsp3) is 0.294. The highest BCUT2D eigenvalue weighted by atomic mass is 35.5. The number of benzene rings is 2. The molecule has 0 saturated carbocycles. The maximum Gasteiger partial charge on any atom is 0.127 e. The fourth-order valence-electron chi connectivity index (χ4n) is 2.56. The third-order valence-electron chi connectivity index (χ3n) is 3.55. The van der Waals surface area contributed by atoms with Crippen molar-refractivity contribution < 1.29 is 4.74 Å². The lowest BCUT2D eigenvalue weighted by atomic mass is 9.97. The largest absolute Gasteiger partial charge is 0.457 e. The Labute approximate surface area is 126 Å². The van der Waals surface area contributed by atoms with Crippen molar-refractivity contribution in [1.29, 1.82) is 0 Å². The Morgan fingerprint density at radius 1 is 0.900 bits per heavy atom. The van der Waals surface area contributed by atoms with Gasteiger partial charge in [-0.25, -0.2) is 0 Å². The Bertz CT molecular complexity index is 524. The second kappa shape index (κ2) is 7.32. The molecule has 0 spiro atoms. The topological polar surface area (TPSA) is 21.3 Å². The van der Waals surface area contributed by atoms with E-state index in [9.17, 15) is 0 Å². The molecule has 0 amide bonds. The molecule has 0 unspecified atom stereocenters. The molecule has 0 aromatic heterocycles. The highest BCUT2D eigenvalue weighted by Crippen LogP contribution is 2.28. The number of para-hydroxylation sites is 1. The number of rotatable bonds is 3. The first-order valence-electron chi connectivity index (χ1n) is 6.98. The molecule has 0 radical (unpaired) electrons. The minimum Gasteiger partial charge on any atom is -0.457 e. The molecule has 1 saturated heterocycles. The van der Waals surface area contributed by atoms with E-state index in [2.05, 4.69) is 23.5 Å². The molecule has 1 N–H and O–H groups in total. The summed E-state index contributed by atoms with van der Waals surface area (Å²) >= 11 is 0. The van der Waals surface area contributed by atoms with Crippen molar-refractivity contribution in [2.45, 2.75) is 25.3 Å². The van der Waals surface area contributed by atoms with E-state index in [1.807, 2.05) is 36.4 Å². The van der Waals surface area contributed by atoms with Crippen molar-refractivity contribution in [1.82, 2.24) is 5.32 Å². The zero-order valence-corrected chi connectivity index (χ0v) is 12.2. The maximum absolute atomic E-state index is 5.88. The summed E-state index contributed by atoms with van der Waals surface area (Å²) in [6, 6.07) is 18.8. The van der Waals surface area contributed by atoms with Crippen LogP contribution in [0.5, 0.6) is 11.5 Å². The minimum absolute atomic E-state index is 0. The summed E-state index contributed by atoms with van der Waals surface area (Å²) in [7, 11) is 0. The maximum atomic E-state index is 5.88. The zero-order chi connectivity index (χ0) is 12.9. The van der Waals surface area contributed by atoms with Crippen molar-refractivity contribution in [3.8, 4) is 11.5 Å². The summed E-state index contributed by atoms with van der Waals surface area (Å²) in [6.45, 7) is 1.12. The lowest BCUT2D eigenvalue weighted by molar-refractivity contribution is 0.410. The smallest absolute Gasteiger partial charge is 0.127 e. The highest BCUT2D eigenvalue weighted by Gasteiger charge is 2.14. The van der Waals surface area contributed by atoms with Crippen LogP contribution in [-0.4, -0.2) is 6.54 Å². The number of ether oxygens (including phenoxy) is 1. The van der Waals surface area contributed by atoms with Crippen molar-refractivity contribution in [3.05, 3.63) is 60.2 Å². The van der Waals surface area contributed by atoms with E-state index in [0.717, 1.165) is 18.0 Å². The van der Waals surface area contributed by atoms with Gasteiger partial charge in [0.2, 0.25) is 0 Å². The van der Waals surface area contributed by atoms with E-state index < -0.39 is 0 Å². The molecular weight excluding hydrogens is 270 g/mol. The summed E-state index contributed by atoms with van der Waals surface area (Å²) in [5.74, 6) is 1.80. The van der Waals surface area contributed by atoms with E-state index in [4.69, 9.17) is 4.74 Å². The average Bonchev–Trinajstić information content (AvgIpc) is 2.49. The van der Waals surface area contributed by atoms with E-state index in [1.165, 1.54) is 24.8 Å². The van der Waals surface area contributed by atoms with Crippen molar-refractivity contribution in [2.75, 3.05) is 6.54 Å². The molecule has 2 aromatic rings. The second-order valence-electron chi connectivity index (χ2n) is 4.99. The van der Waals surface area contributed by atoms with Crippen LogP contribution in [0.4, 0.5) is 0 Å². The van der Waals surface area contributed by atoms with E-state index >= 15 is 0 Å². The first-order chi connectivity index (χ1) is 9.42. The molecule has 1 aliphatic heterocycles. The molecule has 3 rings (SSSR count).